The fourth-order valence-corrected chi connectivity index (χ4v) is 1.51. The summed E-state index contributed by atoms with van der Waals surface area (Å²) in [5.41, 5.74) is 0.774. The largest absolute Gasteiger partial charge is 0.490 e. The van der Waals surface area contributed by atoms with Crippen LogP contribution in [-0.4, -0.2) is 30.0 Å². The van der Waals surface area contributed by atoms with Crippen LogP contribution in [0.25, 0.3) is 6.08 Å². The molecular weight excluding hydrogens is 252 g/mol. The summed E-state index contributed by atoms with van der Waals surface area (Å²) >= 11 is 4.08. The maximum absolute atomic E-state index is 10.6. The van der Waals surface area contributed by atoms with E-state index in [0.29, 0.717) is 23.9 Å². The molecule has 1 N–H and O–H groups in total. The van der Waals surface area contributed by atoms with Crippen molar-refractivity contribution in [1.82, 2.24) is 0 Å². The number of carboxylic acid groups (broad SMARTS) is 1. The summed E-state index contributed by atoms with van der Waals surface area (Å²) in [5, 5.41) is 8.67. The fraction of sp³-hybridized carbons (Fsp3) is 0.308. The van der Waals surface area contributed by atoms with Gasteiger partial charge in [0.1, 0.15) is 0 Å². The van der Waals surface area contributed by atoms with Crippen LogP contribution in [0.4, 0.5) is 0 Å². The van der Waals surface area contributed by atoms with Crippen LogP contribution >= 0.6 is 12.6 Å². The van der Waals surface area contributed by atoms with Gasteiger partial charge in [0.25, 0.3) is 0 Å². The van der Waals surface area contributed by atoms with Gasteiger partial charge in [-0.2, -0.15) is 12.6 Å². The molecule has 1 aromatic carbocycles. The molecule has 5 heteroatoms. The van der Waals surface area contributed by atoms with Gasteiger partial charge in [0.05, 0.1) is 6.61 Å². The Morgan fingerprint density at radius 3 is 2.83 bits per heavy atom. The lowest BCUT2D eigenvalue weighted by Gasteiger charge is -2.13. The molecule has 4 nitrogen and oxygen atoms in total. The van der Waals surface area contributed by atoms with E-state index >= 15 is 0 Å². The highest BCUT2D eigenvalue weighted by atomic mass is 32.1. The zero-order valence-electron chi connectivity index (χ0n) is 10.1. The SMILES string of the molecule is CCOc1cccc(C=CCS)c1OCC(=O)O. The Balaban J connectivity index is 3.03. The Kier molecular flexibility index (Phi) is 6.14. The van der Waals surface area contributed by atoms with E-state index in [1.165, 1.54) is 0 Å². The highest BCUT2D eigenvalue weighted by Gasteiger charge is 2.10. The second kappa shape index (κ2) is 7.66. The van der Waals surface area contributed by atoms with Crippen LogP contribution in [0.1, 0.15) is 12.5 Å². The third kappa shape index (κ3) is 4.33. The molecule has 98 valence electrons. The Morgan fingerprint density at radius 2 is 2.22 bits per heavy atom. The van der Waals surface area contributed by atoms with Crippen molar-refractivity contribution in [2.75, 3.05) is 19.0 Å². The number of ether oxygens (including phenoxy) is 2. The number of thiol groups is 1. The third-order valence-electron chi connectivity index (χ3n) is 2.05. The summed E-state index contributed by atoms with van der Waals surface area (Å²) < 4.78 is 10.7. The first-order chi connectivity index (χ1) is 8.69. The normalized spacial score (nSPS) is 10.6. The van der Waals surface area contributed by atoms with Crippen LogP contribution in [0.2, 0.25) is 0 Å². The summed E-state index contributed by atoms with van der Waals surface area (Å²) in [4.78, 5) is 10.6. The first-order valence-corrected chi connectivity index (χ1v) is 6.20. The van der Waals surface area contributed by atoms with E-state index in [0.717, 1.165) is 5.56 Å². The van der Waals surface area contributed by atoms with Crippen molar-refractivity contribution < 1.29 is 19.4 Å². The molecule has 0 aliphatic rings. The Labute approximate surface area is 112 Å². The van der Waals surface area contributed by atoms with Gasteiger partial charge in [0.2, 0.25) is 0 Å². The molecule has 0 heterocycles. The summed E-state index contributed by atoms with van der Waals surface area (Å²) in [6.07, 6.45) is 3.68. The zero-order valence-corrected chi connectivity index (χ0v) is 11.0. The monoisotopic (exact) mass is 268 g/mol. The van der Waals surface area contributed by atoms with Crippen LogP contribution in [0, 0.1) is 0 Å². The minimum atomic E-state index is -1.02. The molecule has 0 aromatic heterocycles. The molecule has 0 spiro atoms. The van der Waals surface area contributed by atoms with Gasteiger partial charge in [0.15, 0.2) is 18.1 Å². The quantitative estimate of drug-likeness (QED) is 0.746. The molecule has 0 aliphatic carbocycles. The van der Waals surface area contributed by atoms with E-state index in [-0.39, 0.29) is 0 Å². The Hall–Kier alpha value is -1.62. The Morgan fingerprint density at radius 1 is 1.44 bits per heavy atom. The van der Waals surface area contributed by atoms with E-state index in [1.54, 1.807) is 6.07 Å². The topological polar surface area (TPSA) is 55.8 Å². The minimum absolute atomic E-state index is 0.397. The molecule has 0 atom stereocenters. The number of benzene rings is 1. The van der Waals surface area contributed by atoms with Gasteiger partial charge in [-0.25, -0.2) is 4.79 Å². The first kappa shape index (κ1) is 14.4. The number of hydrogen-bond donors (Lipinski definition) is 2. The van der Waals surface area contributed by atoms with E-state index < -0.39 is 12.6 Å². The highest BCUT2D eigenvalue weighted by molar-refractivity contribution is 7.80. The van der Waals surface area contributed by atoms with Gasteiger partial charge in [-0.3, -0.25) is 0 Å². The number of aliphatic carboxylic acids is 1. The predicted molar refractivity (Wildman–Crippen MR) is 73.6 cm³/mol. The molecule has 0 amide bonds. The molecule has 0 radical (unpaired) electrons. The maximum atomic E-state index is 10.6. The minimum Gasteiger partial charge on any atom is -0.490 e. The number of carboxylic acids is 1. The van der Waals surface area contributed by atoms with Crippen LogP contribution in [0.15, 0.2) is 24.3 Å². The van der Waals surface area contributed by atoms with Crippen LogP contribution in [0.3, 0.4) is 0 Å². The lowest BCUT2D eigenvalue weighted by atomic mass is 10.1. The standard InChI is InChI=1S/C13H16O4S/c1-2-16-11-7-3-5-10(6-4-8-18)13(11)17-9-12(14)15/h3-7,18H,2,8-9H2,1H3,(H,14,15). The molecule has 1 rings (SSSR count). The van der Waals surface area contributed by atoms with E-state index in [9.17, 15) is 4.79 Å². The van der Waals surface area contributed by atoms with Gasteiger partial charge >= 0.3 is 5.97 Å². The van der Waals surface area contributed by atoms with Gasteiger partial charge in [0, 0.05) is 11.3 Å². The maximum Gasteiger partial charge on any atom is 0.341 e. The van der Waals surface area contributed by atoms with E-state index in [1.807, 2.05) is 31.2 Å². The van der Waals surface area contributed by atoms with Gasteiger partial charge in [-0.05, 0) is 13.0 Å². The molecule has 0 saturated heterocycles. The number of rotatable bonds is 7. The predicted octanol–water partition coefficient (Wildman–Crippen LogP) is 2.49. The smallest absolute Gasteiger partial charge is 0.341 e. The first-order valence-electron chi connectivity index (χ1n) is 5.56. The Bertz CT molecular complexity index is 429. The highest BCUT2D eigenvalue weighted by Crippen LogP contribution is 2.32. The molecule has 0 aliphatic heterocycles. The van der Waals surface area contributed by atoms with Crippen molar-refractivity contribution in [2.45, 2.75) is 6.92 Å². The summed E-state index contributed by atoms with van der Waals surface area (Å²) in [6.45, 7) is 1.95. The summed E-state index contributed by atoms with van der Waals surface area (Å²) in [5.74, 6) is 0.558. The second-order valence-corrected chi connectivity index (χ2v) is 3.74. The van der Waals surface area contributed by atoms with E-state index in [4.69, 9.17) is 14.6 Å². The second-order valence-electron chi connectivity index (χ2n) is 3.37. The van der Waals surface area contributed by atoms with Crippen LogP contribution in [0.5, 0.6) is 11.5 Å². The molecule has 18 heavy (non-hydrogen) atoms. The fourth-order valence-electron chi connectivity index (χ4n) is 1.40. The molecule has 0 fully saturated rings. The van der Waals surface area contributed by atoms with Gasteiger partial charge in [-0.15, -0.1) is 0 Å². The van der Waals surface area contributed by atoms with E-state index in [2.05, 4.69) is 12.6 Å². The third-order valence-corrected chi connectivity index (χ3v) is 2.26. The van der Waals surface area contributed by atoms with Gasteiger partial charge in [-0.1, -0.05) is 24.3 Å². The number of para-hydroxylation sites is 1. The summed E-state index contributed by atoms with van der Waals surface area (Å²) in [6, 6.07) is 5.41. The average molecular weight is 268 g/mol. The van der Waals surface area contributed by atoms with Crippen LogP contribution < -0.4 is 9.47 Å². The molecule has 0 saturated carbocycles. The molecular formula is C13H16O4S. The van der Waals surface area contributed by atoms with Crippen molar-refractivity contribution in [2.24, 2.45) is 0 Å². The summed E-state index contributed by atoms with van der Waals surface area (Å²) in [7, 11) is 0. The lowest BCUT2D eigenvalue weighted by molar-refractivity contribution is -0.139. The van der Waals surface area contributed by atoms with Crippen molar-refractivity contribution in [3.63, 3.8) is 0 Å². The van der Waals surface area contributed by atoms with Crippen molar-refractivity contribution in [3.05, 3.63) is 29.8 Å². The number of hydrogen-bond acceptors (Lipinski definition) is 4. The number of carbonyl (C=O) groups is 1. The zero-order chi connectivity index (χ0) is 13.4. The van der Waals surface area contributed by atoms with Crippen molar-refractivity contribution in [1.29, 1.82) is 0 Å². The molecule has 1 aromatic rings. The molecule has 0 bridgehead atoms. The molecule has 0 unspecified atom stereocenters. The van der Waals surface area contributed by atoms with Crippen LogP contribution in [-0.2, 0) is 4.79 Å². The lowest BCUT2D eigenvalue weighted by Crippen LogP contribution is -2.11. The van der Waals surface area contributed by atoms with Crippen molar-refractivity contribution >= 4 is 24.7 Å². The van der Waals surface area contributed by atoms with Gasteiger partial charge < -0.3 is 14.6 Å². The van der Waals surface area contributed by atoms with Crippen molar-refractivity contribution in [3.8, 4) is 11.5 Å². The average Bonchev–Trinajstić information content (AvgIpc) is 2.35.